The lowest BCUT2D eigenvalue weighted by molar-refractivity contribution is 0.0951. The summed E-state index contributed by atoms with van der Waals surface area (Å²) in [4.78, 5) is 12.6. The molecule has 3 aromatic rings. The van der Waals surface area contributed by atoms with Crippen molar-refractivity contribution in [3.05, 3.63) is 76.9 Å². The molecule has 0 spiro atoms. The molecular formula is C20H18ClN3O. The van der Waals surface area contributed by atoms with Crippen molar-refractivity contribution in [2.45, 2.75) is 25.4 Å². The predicted octanol–water partition coefficient (Wildman–Crippen LogP) is 4.14. The minimum atomic E-state index is -0.0632. The van der Waals surface area contributed by atoms with Gasteiger partial charge in [-0.15, -0.1) is 0 Å². The average molecular weight is 352 g/mol. The van der Waals surface area contributed by atoms with E-state index in [1.807, 2.05) is 60.8 Å². The number of nitrogens with one attached hydrogen (secondary N) is 1. The van der Waals surface area contributed by atoms with Crippen LogP contribution in [0.4, 0.5) is 0 Å². The second kappa shape index (κ2) is 6.73. The lowest BCUT2D eigenvalue weighted by Crippen LogP contribution is -2.25. The quantitative estimate of drug-likeness (QED) is 0.750. The van der Waals surface area contributed by atoms with Crippen LogP contribution in [0.5, 0.6) is 0 Å². The third-order valence-electron chi connectivity index (χ3n) is 4.26. The smallest absolute Gasteiger partial charge is 0.255 e. The molecule has 5 heteroatoms. The van der Waals surface area contributed by atoms with Gasteiger partial charge in [0.05, 0.1) is 12.1 Å². The SMILES string of the molecule is O=C(NC1CC1)c1cn(Cc2ccccc2Cl)nc1-c1ccccc1. The Morgan fingerprint density at radius 2 is 1.84 bits per heavy atom. The molecule has 1 aliphatic rings. The van der Waals surface area contributed by atoms with Crippen molar-refractivity contribution in [3.63, 3.8) is 0 Å². The Labute approximate surface area is 151 Å². The molecule has 1 amide bonds. The zero-order valence-corrected chi connectivity index (χ0v) is 14.4. The minimum absolute atomic E-state index is 0.0632. The molecule has 1 aliphatic carbocycles. The molecule has 1 heterocycles. The van der Waals surface area contributed by atoms with Gasteiger partial charge in [0.1, 0.15) is 5.69 Å². The highest BCUT2D eigenvalue weighted by Gasteiger charge is 2.26. The van der Waals surface area contributed by atoms with E-state index in [4.69, 9.17) is 11.6 Å². The van der Waals surface area contributed by atoms with E-state index in [9.17, 15) is 4.79 Å². The van der Waals surface area contributed by atoms with Gasteiger partial charge in [-0.05, 0) is 24.5 Å². The fourth-order valence-electron chi connectivity index (χ4n) is 2.77. The molecule has 1 fully saturated rings. The first kappa shape index (κ1) is 15.9. The van der Waals surface area contributed by atoms with Gasteiger partial charge in [0.15, 0.2) is 0 Å². The number of rotatable bonds is 5. The number of benzene rings is 2. The van der Waals surface area contributed by atoms with Gasteiger partial charge in [-0.25, -0.2) is 0 Å². The number of carbonyl (C=O) groups excluding carboxylic acids is 1. The summed E-state index contributed by atoms with van der Waals surface area (Å²) < 4.78 is 1.78. The van der Waals surface area contributed by atoms with Crippen LogP contribution in [-0.4, -0.2) is 21.7 Å². The molecule has 1 N–H and O–H groups in total. The third kappa shape index (κ3) is 3.59. The summed E-state index contributed by atoms with van der Waals surface area (Å²) in [6.45, 7) is 0.524. The van der Waals surface area contributed by atoms with Crippen LogP contribution in [0, 0.1) is 0 Å². The molecule has 0 bridgehead atoms. The highest BCUT2D eigenvalue weighted by atomic mass is 35.5. The molecule has 0 radical (unpaired) electrons. The summed E-state index contributed by atoms with van der Waals surface area (Å²) in [6, 6.07) is 17.8. The number of carbonyl (C=O) groups is 1. The molecule has 4 nitrogen and oxygen atoms in total. The van der Waals surface area contributed by atoms with Crippen molar-refractivity contribution in [1.82, 2.24) is 15.1 Å². The molecule has 0 atom stereocenters. The Balaban J connectivity index is 1.70. The summed E-state index contributed by atoms with van der Waals surface area (Å²) in [5, 5.41) is 8.41. The van der Waals surface area contributed by atoms with Gasteiger partial charge in [0.2, 0.25) is 0 Å². The van der Waals surface area contributed by atoms with Gasteiger partial charge in [0.25, 0.3) is 5.91 Å². The number of hydrogen-bond donors (Lipinski definition) is 1. The fraction of sp³-hybridized carbons (Fsp3) is 0.200. The normalized spacial score (nSPS) is 13.6. The molecule has 1 saturated carbocycles. The Kier molecular flexibility index (Phi) is 4.28. The monoisotopic (exact) mass is 351 g/mol. The van der Waals surface area contributed by atoms with E-state index in [-0.39, 0.29) is 5.91 Å². The van der Waals surface area contributed by atoms with Crippen LogP contribution >= 0.6 is 11.6 Å². The zero-order valence-electron chi connectivity index (χ0n) is 13.7. The van der Waals surface area contributed by atoms with Crippen LogP contribution in [0.15, 0.2) is 60.8 Å². The van der Waals surface area contributed by atoms with Crippen LogP contribution in [0.1, 0.15) is 28.8 Å². The van der Waals surface area contributed by atoms with Gasteiger partial charge in [-0.2, -0.15) is 5.10 Å². The van der Waals surface area contributed by atoms with E-state index in [2.05, 4.69) is 10.4 Å². The predicted molar refractivity (Wildman–Crippen MR) is 98.7 cm³/mol. The van der Waals surface area contributed by atoms with E-state index in [0.717, 1.165) is 24.0 Å². The molecule has 126 valence electrons. The zero-order chi connectivity index (χ0) is 17.2. The molecule has 1 aromatic heterocycles. The lowest BCUT2D eigenvalue weighted by atomic mass is 10.1. The lowest BCUT2D eigenvalue weighted by Gasteiger charge is -2.04. The highest BCUT2D eigenvalue weighted by molar-refractivity contribution is 6.31. The summed E-state index contributed by atoms with van der Waals surface area (Å²) >= 11 is 6.26. The van der Waals surface area contributed by atoms with E-state index in [0.29, 0.717) is 28.9 Å². The molecule has 25 heavy (non-hydrogen) atoms. The Bertz CT molecular complexity index is 900. The second-order valence-corrected chi connectivity index (χ2v) is 6.70. The maximum Gasteiger partial charge on any atom is 0.255 e. The number of nitrogens with zero attached hydrogens (tertiary/aromatic N) is 2. The Hall–Kier alpha value is -2.59. The number of halogens is 1. The van der Waals surface area contributed by atoms with Crippen LogP contribution in [0.25, 0.3) is 11.3 Å². The third-order valence-corrected chi connectivity index (χ3v) is 4.63. The summed E-state index contributed by atoms with van der Waals surface area (Å²) in [5.41, 5.74) is 3.21. The Morgan fingerprint density at radius 1 is 1.12 bits per heavy atom. The van der Waals surface area contributed by atoms with Gasteiger partial charge in [0, 0.05) is 22.8 Å². The summed E-state index contributed by atoms with van der Waals surface area (Å²) in [7, 11) is 0. The van der Waals surface area contributed by atoms with E-state index < -0.39 is 0 Å². The Morgan fingerprint density at radius 3 is 2.56 bits per heavy atom. The van der Waals surface area contributed by atoms with Crippen LogP contribution in [0.2, 0.25) is 5.02 Å². The van der Waals surface area contributed by atoms with Gasteiger partial charge in [-0.3, -0.25) is 9.48 Å². The number of aromatic nitrogens is 2. The van der Waals surface area contributed by atoms with Crippen LogP contribution in [-0.2, 0) is 6.54 Å². The van der Waals surface area contributed by atoms with Gasteiger partial charge >= 0.3 is 0 Å². The van der Waals surface area contributed by atoms with Crippen molar-refractivity contribution in [3.8, 4) is 11.3 Å². The topological polar surface area (TPSA) is 46.9 Å². The average Bonchev–Trinajstić information content (AvgIpc) is 3.34. The summed E-state index contributed by atoms with van der Waals surface area (Å²) in [6.07, 6.45) is 3.92. The van der Waals surface area contributed by atoms with Gasteiger partial charge in [-0.1, -0.05) is 60.1 Å². The second-order valence-electron chi connectivity index (χ2n) is 6.29. The number of amides is 1. The summed E-state index contributed by atoms with van der Waals surface area (Å²) in [5.74, 6) is -0.0632. The van der Waals surface area contributed by atoms with E-state index in [1.165, 1.54) is 0 Å². The highest BCUT2D eigenvalue weighted by Crippen LogP contribution is 2.25. The molecular weight excluding hydrogens is 334 g/mol. The van der Waals surface area contributed by atoms with Crippen molar-refractivity contribution in [2.75, 3.05) is 0 Å². The maximum absolute atomic E-state index is 12.6. The standard InChI is InChI=1S/C20H18ClN3O/c21-18-9-5-4-8-15(18)12-24-13-17(20(25)22-16-10-11-16)19(23-24)14-6-2-1-3-7-14/h1-9,13,16H,10-12H2,(H,22,25). The molecule has 4 rings (SSSR count). The van der Waals surface area contributed by atoms with Crippen LogP contribution < -0.4 is 5.32 Å². The van der Waals surface area contributed by atoms with Crippen molar-refractivity contribution < 1.29 is 4.79 Å². The van der Waals surface area contributed by atoms with Crippen molar-refractivity contribution >= 4 is 17.5 Å². The maximum atomic E-state index is 12.6. The molecule has 0 unspecified atom stereocenters. The van der Waals surface area contributed by atoms with Crippen molar-refractivity contribution in [1.29, 1.82) is 0 Å². The molecule has 2 aromatic carbocycles. The molecule has 0 saturated heterocycles. The van der Waals surface area contributed by atoms with Crippen molar-refractivity contribution in [2.24, 2.45) is 0 Å². The largest absolute Gasteiger partial charge is 0.349 e. The first-order chi connectivity index (χ1) is 12.2. The minimum Gasteiger partial charge on any atom is -0.349 e. The fourth-order valence-corrected chi connectivity index (χ4v) is 2.97. The van der Waals surface area contributed by atoms with E-state index >= 15 is 0 Å². The first-order valence-electron chi connectivity index (χ1n) is 8.38. The number of hydrogen-bond acceptors (Lipinski definition) is 2. The van der Waals surface area contributed by atoms with Crippen LogP contribution in [0.3, 0.4) is 0 Å². The van der Waals surface area contributed by atoms with E-state index in [1.54, 1.807) is 4.68 Å². The first-order valence-corrected chi connectivity index (χ1v) is 8.75. The molecule has 0 aliphatic heterocycles. The van der Waals surface area contributed by atoms with Gasteiger partial charge < -0.3 is 5.32 Å².